The van der Waals surface area contributed by atoms with Crippen molar-refractivity contribution in [2.45, 2.75) is 20.5 Å². The Bertz CT molecular complexity index is 1210. The summed E-state index contributed by atoms with van der Waals surface area (Å²) in [6.45, 7) is 3.83. The maximum Gasteiger partial charge on any atom is 0.329 e. The lowest BCUT2D eigenvalue weighted by Crippen LogP contribution is -2.32. The van der Waals surface area contributed by atoms with E-state index in [0.29, 0.717) is 21.5 Å². The van der Waals surface area contributed by atoms with Crippen LogP contribution in [0, 0.1) is 19.7 Å². The molecule has 2 N–H and O–H groups in total. The number of carbonyl (C=O) groups is 2. The Morgan fingerprint density at radius 2 is 1.88 bits per heavy atom. The lowest BCUT2D eigenvalue weighted by molar-refractivity contribution is -0.136. The Labute approximate surface area is 203 Å². The van der Waals surface area contributed by atoms with Gasteiger partial charge >= 0.3 is 11.8 Å². The third-order valence-corrected chi connectivity index (χ3v) is 5.71. The first-order valence-corrected chi connectivity index (χ1v) is 11.0. The van der Waals surface area contributed by atoms with E-state index in [1.807, 2.05) is 19.9 Å². The molecule has 0 aromatic heterocycles. The number of hydrogen-bond donors (Lipinski definition) is 2. The normalized spacial score (nSPS) is 10.8. The van der Waals surface area contributed by atoms with Crippen molar-refractivity contribution in [3.63, 3.8) is 0 Å². The molecular formula is C24H20BrClFN3O3. The quantitative estimate of drug-likeness (QED) is 0.249. The summed E-state index contributed by atoms with van der Waals surface area (Å²) in [5.41, 5.74) is 5.69. The molecule has 6 nitrogen and oxygen atoms in total. The molecule has 3 aromatic carbocycles. The smallest absolute Gasteiger partial charge is 0.329 e. The van der Waals surface area contributed by atoms with E-state index in [1.165, 1.54) is 18.3 Å². The summed E-state index contributed by atoms with van der Waals surface area (Å²) in [5, 5.41) is 6.62. The molecular weight excluding hydrogens is 513 g/mol. The average molecular weight is 533 g/mol. The molecule has 0 saturated carbocycles. The maximum atomic E-state index is 13.9. The fourth-order valence-electron chi connectivity index (χ4n) is 2.76. The molecule has 0 atom stereocenters. The summed E-state index contributed by atoms with van der Waals surface area (Å²) < 4.78 is 20.1. The highest BCUT2D eigenvalue weighted by molar-refractivity contribution is 9.10. The maximum absolute atomic E-state index is 13.9. The summed E-state index contributed by atoms with van der Waals surface area (Å²) in [4.78, 5) is 24.0. The standard InChI is InChI=1S/C24H20BrClFN3O3/c1-14-6-8-17(10-15(14)2)29-23(31)24(32)30-28-12-16-7-9-22(19(25)11-16)33-13-18-20(26)4-3-5-21(18)27/h3-12H,13H2,1-2H3,(H,29,31)(H,30,32)/b28-12-. The molecule has 170 valence electrons. The minimum Gasteiger partial charge on any atom is -0.488 e. The van der Waals surface area contributed by atoms with Crippen molar-refractivity contribution in [2.24, 2.45) is 5.10 Å². The van der Waals surface area contributed by atoms with Gasteiger partial charge in [-0.15, -0.1) is 0 Å². The number of carbonyl (C=O) groups excluding carboxylic acids is 2. The first-order valence-electron chi connectivity index (χ1n) is 9.81. The Morgan fingerprint density at radius 1 is 1.09 bits per heavy atom. The zero-order chi connectivity index (χ0) is 24.0. The van der Waals surface area contributed by atoms with Crippen LogP contribution in [0.5, 0.6) is 5.75 Å². The molecule has 0 aliphatic rings. The van der Waals surface area contributed by atoms with Crippen LogP contribution in [0.3, 0.4) is 0 Å². The average Bonchev–Trinajstić information content (AvgIpc) is 2.77. The molecule has 3 aromatic rings. The lowest BCUT2D eigenvalue weighted by atomic mass is 10.1. The van der Waals surface area contributed by atoms with E-state index < -0.39 is 17.6 Å². The minimum absolute atomic E-state index is 0.0385. The van der Waals surface area contributed by atoms with Gasteiger partial charge in [0.25, 0.3) is 0 Å². The van der Waals surface area contributed by atoms with Crippen LogP contribution in [0.4, 0.5) is 10.1 Å². The van der Waals surface area contributed by atoms with Gasteiger partial charge < -0.3 is 10.1 Å². The molecule has 0 aliphatic carbocycles. The third kappa shape index (κ3) is 6.63. The van der Waals surface area contributed by atoms with Crippen molar-refractivity contribution in [1.29, 1.82) is 0 Å². The number of aryl methyl sites for hydroxylation is 2. The van der Waals surface area contributed by atoms with Crippen molar-refractivity contribution in [1.82, 2.24) is 5.43 Å². The molecule has 9 heteroatoms. The topological polar surface area (TPSA) is 79.8 Å². The van der Waals surface area contributed by atoms with E-state index in [0.717, 1.165) is 11.1 Å². The van der Waals surface area contributed by atoms with E-state index in [1.54, 1.807) is 36.4 Å². The monoisotopic (exact) mass is 531 g/mol. The van der Waals surface area contributed by atoms with Gasteiger partial charge in [0.2, 0.25) is 0 Å². The third-order valence-electron chi connectivity index (χ3n) is 4.74. The summed E-state index contributed by atoms with van der Waals surface area (Å²) in [5.74, 6) is -1.69. The zero-order valence-corrected chi connectivity index (χ0v) is 20.1. The molecule has 2 amide bonds. The molecule has 0 heterocycles. The Balaban J connectivity index is 1.55. The van der Waals surface area contributed by atoms with E-state index in [-0.39, 0.29) is 17.2 Å². The summed E-state index contributed by atoms with van der Waals surface area (Å²) in [7, 11) is 0. The number of anilines is 1. The van der Waals surface area contributed by atoms with E-state index in [4.69, 9.17) is 16.3 Å². The molecule has 0 fully saturated rings. The number of hydrazone groups is 1. The lowest BCUT2D eigenvalue weighted by Gasteiger charge is -2.10. The molecule has 0 bridgehead atoms. The summed E-state index contributed by atoms with van der Waals surface area (Å²) in [6.07, 6.45) is 1.38. The van der Waals surface area contributed by atoms with Gasteiger partial charge in [0.05, 0.1) is 15.7 Å². The highest BCUT2D eigenvalue weighted by Gasteiger charge is 2.13. The number of amides is 2. The fraction of sp³-hybridized carbons (Fsp3) is 0.125. The number of benzene rings is 3. The second kappa shape index (κ2) is 11.1. The van der Waals surface area contributed by atoms with E-state index >= 15 is 0 Å². The predicted octanol–water partition coefficient (Wildman–Crippen LogP) is 5.53. The van der Waals surface area contributed by atoms with Gasteiger partial charge in [-0.1, -0.05) is 23.7 Å². The zero-order valence-electron chi connectivity index (χ0n) is 17.8. The SMILES string of the molecule is Cc1ccc(NC(=O)C(=O)N/N=C\c2ccc(OCc3c(F)cccc3Cl)c(Br)c2)cc1C. The second-order valence-corrected chi connectivity index (χ2v) is 8.39. The summed E-state index contributed by atoms with van der Waals surface area (Å²) in [6, 6.07) is 14.8. The molecule has 0 spiro atoms. The van der Waals surface area contributed by atoms with Crippen molar-refractivity contribution in [3.8, 4) is 5.75 Å². The fourth-order valence-corrected chi connectivity index (χ4v) is 3.49. The van der Waals surface area contributed by atoms with Gasteiger partial charge in [0.15, 0.2) is 0 Å². The van der Waals surface area contributed by atoms with Gasteiger partial charge in [-0.05, 0) is 88.9 Å². The Hall–Kier alpha value is -3.23. The predicted molar refractivity (Wildman–Crippen MR) is 130 cm³/mol. The molecule has 0 aliphatic heterocycles. The van der Waals surface area contributed by atoms with E-state index in [2.05, 4.69) is 31.8 Å². The van der Waals surface area contributed by atoms with Crippen LogP contribution in [0.2, 0.25) is 5.02 Å². The van der Waals surface area contributed by atoms with Gasteiger partial charge in [0, 0.05) is 11.3 Å². The number of nitrogens with one attached hydrogen (secondary N) is 2. The van der Waals surface area contributed by atoms with Gasteiger partial charge in [-0.25, -0.2) is 9.82 Å². The first-order chi connectivity index (χ1) is 15.7. The van der Waals surface area contributed by atoms with Crippen LogP contribution in [-0.4, -0.2) is 18.0 Å². The van der Waals surface area contributed by atoms with Crippen LogP contribution in [0.15, 0.2) is 64.2 Å². The Kier molecular flexibility index (Phi) is 8.19. The number of rotatable bonds is 6. The van der Waals surface area contributed by atoms with Crippen LogP contribution in [0.1, 0.15) is 22.3 Å². The van der Waals surface area contributed by atoms with Crippen molar-refractivity contribution >= 4 is 51.2 Å². The van der Waals surface area contributed by atoms with E-state index in [9.17, 15) is 14.0 Å². The highest BCUT2D eigenvalue weighted by Crippen LogP contribution is 2.28. The number of hydrogen-bond acceptors (Lipinski definition) is 4. The largest absolute Gasteiger partial charge is 0.488 e. The van der Waals surface area contributed by atoms with Gasteiger partial charge in [0.1, 0.15) is 18.2 Å². The minimum atomic E-state index is -0.898. The van der Waals surface area contributed by atoms with Gasteiger partial charge in [-0.3, -0.25) is 9.59 Å². The molecule has 33 heavy (non-hydrogen) atoms. The molecule has 0 radical (unpaired) electrons. The molecule has 3 rings (SSSR count). The molecule has 0 saturated heterocycles. The van der Waals surface area contributed by atoms with Crippen LogP contribution in [-0.2, 0) is 16.2 Å². The number of ether oxygens (including phenoxy) is 1. The van der Waals surface area contributed by atoms with Crippen LogP contribution >= 0.6 is 27.5 Å². The molecule has 0 unspecified atom stereocenters. The van der Waals surface area contributed by atoms with Crippen molar-refractivity contribution < 1.29 is 18.7 Å². The van der Waals surface area contributed by atoms with Crippen molar-refractivity contribution in [3.05, 3.63) is 92.2 Å². The Morgan fingerprint density at radius 3 is 2.58 bits per heavy atom. The van der Waals surface area contributed by atoms with Crippen LogP contribution in [0.25, 0.3) is 0 Å². The first kappa shape index (κ1) is 24.4. The number of halogens is 3. The van der Waals surface area contributed by atoms with Crippen molar-refractivity contribution in [2.75, 3.05) is 5.32 Å². The van der Waals surface area contributed by atoms with Gasteiger partial charge in [-0.2, -0.15) is 5.10 Å². The second-order valence-electron chi connectivity index (χ2n) is 7.13. The summed E-state index contributed by atoms with van der Waals surface area (Å²) >= 11 is 9.40. The van der Waals surface area contributed by atoms with Crippen LogP contribution < -0.4 is 15.5 Å². The highest BCUT2D eigenvalue weighted by atomic mass is 79.9. The number of nitrogens with zero attached hydrogens (tertiary/aromatic N) is 1.